The Kier molecular flexibility index (Phi) is 9.18. The molecule has 1 atom stereocenters. The van der Waals surface area contributed by atoms with Crippen LogP contribution in [0, 0.1) is 11.3 Å². The van der Waals surface area contributed by atoms with E-state index in [1.165, 1.54) is 0 Å². The molecule has 0 spiro atoms. The summed E-state index contributed by atoms with van der Waals surface area (Å²) in [6.07, 6.45) is 3.65. The van der Waals surface area contributed by atoms with Gasteiger partial charge in [-0.3, -0.25) is 9.59 Å². The highest BCUT2D eigenvalue weighted by Crippen LogP contribution is 2.06. The summed E-state index contributed by atoms with van der Waals surface area (Å²) < 4.78 is 4.61. The molecular formula is C12H16N2O4S. The Bertz CT molecular complexity index is 390. The van der Waals surface area contributed by atoms with Crippen LogP contribution >= 0.6 is 11.8 Å². The Morgan fingerprint density at radius 2 is 2.21 bits per heavy atom. The van der Waals surface area contributed by atoms with Gasteiger partial charge in [0.25, 0.3) is 0 Å². The normalized spacial score (nSPS) is 10.9. The van der Waals surface area contributed by atoms with Crippen molar-refractivity contribution in [2.24, 2.45) is 0 Å². The number of thioether (sulfide) groups is 1. The van der Waals surface area contributed by atoms with Gasteiger partial charge >= 0.3 is 5.97 Å². The molecule has 0 aromatic rings. The fourth-order valence-corrected chi connectivity index (χ4v) is 1.48. The molecule has 1 amide bonds. The molecule has 0 aromatic carbocycles. The van der Waals surface area contributed by atoms with Crippen LogP contribution in [0.4, 0.5) is 0 Å². The van der Waals surface area contributed by atoms with Crippen LogP contribution in [0.25, 0.3) is 0 Å². The van der Waals surface area contributed by atoms with Gasteiger partial charge in [0.15, 0.2) is 11.7 Å². The van der Waals surface area contributed by atoms with E-state index in [4.69, 9.17) is 5.26 Å². The summed E-state index contributed by atoms with van der Waals surface area (Å²) in [5, 5.41) is 10.5. The highest BCUT2D eigenvalue weighted by molar-refractivity contribution is 8.13. The van der Waals surface area contributed by atoms with Crippen molar-refractivity contribution in [3.63, 3.8) is 0 Å². The molecule has 0 radical (unpaired) electrons. The Hall–Kier alpha value is -1.81. The second-order valence-electron chi connectivity index (χ2n) is 3.49. The van der Waals surface area contributed by atoms with Crippen molar-refractivity contribution in [1.29, 1.82) is 5.26 Å². The number of ether oxygens (including phenoxy) is 1. The summed E-state index contributed by atoms with van der Waals surface area (Å²) in [6.45, 7) is 3.07. The molecule has 104 valence electrons. The van der Waals surface area contributed by atoms with Crippen molar-refractivity contribution in [1.82, 2.24) is 5.32 Å². The molecule has 6 nitrogen and oxygen atoms in total. The van der Waals surface area contributed by atoms with Gasteiger partial charge in [0.05, 0.1) is 0 Å². The van der Waals surface area contributed by atoms with E-state index in [1.807, 2.05) is 0 Å². The van der Waals surface area contributed by atoms with Gasteiger partial charge in [-0.05, 0) is 12.7 Å². The van der Waals surface area contributed by atoms with Crippen LogP contribution in [0.1, 0.15) is 19.3 Å². The number of amides is 1. The predicted molar refractivity (Wildman–Crippen MR) is 71.1 cm³/mol. The maximum atomic E-state index is 11.6. The lowest BCUT2D eigenvalue weighted by Crippen LogP contribution is -2.43. The zero-order valence-electron chi connectivity index (χ0n) is 10.7. The number of rotatable bonds is 8. The molecule has 0 bridgehead atoms. The minimum atomic E-state index is -1.05. The molecule has 0 saturated carbocycles. The van der Waals surface area contributed by atoms with Crippen molar-refractivity contribution in [2.45, 2.75) is 25.3 Å². The molecular weight excluding hydrogens is 268 g/mol. The first-order valence-corrected chi connectivity index (χ1v) is 6.78. The maximum absolute atomic E-state index is 11.6. The molecule has 0 aliphatic carbocycles. The third kappa shape index (κ3) is 8.00. The van der Waals surface area contributed by atoms with Crippen LogP contribution in [0.3, 0.4) is 0 Å². The fraction of sp³-hybridized carbons (Fsp3) is 0.500. The van der Waals surface area contributed by atoms with Gasteiger partial charge in [-0.2, -0.15) is 5.26 Å². The van der Waals surface area contributed by atoms with E-state index in [-0.39, 0.29) is 23.9 Å². The fourth-order valence-electron chi connectivity index (χ4n) is 1.15. The highest BCUT2D eigenvalue weighted by atomic mass is 32.2. The zero-order valence-corrected chi connectivity index (χ0v) is 11.5. The van der Waals surface area contributed by atoms with E-state index in [9.17, 15) is 14.4 Å². The zero-order chi connectivity index (χ0) is 14.7. The van der Waals surface area contributed by atoms with Gasteiger partial charge in [-0.25, -0.2) is 4.79 Å². The van der Waals surface area contributed by atoms with Gasteiger partial charge in [0.2, 0.25) is 5.91 Å². The van der Waals surface area contributed by atoms with Crippen LogP contribution < -0.4 is 5.32 Å². The molecule has 0 aliphatic heterocycles. The SMILES string of the molecule is C=CCCC(=O)N[C@@H](CC(=O)SC)C(=O)OCC#N. The molecule has 0 saturated heterocycles. The number of nitriles is 1. The molecule has 0 fully saturated rings. The van der Waals surface area contributed by atoms with Gasteiger partial charge in [-0.1, -0.05) is 17.8 Å². The minimum Gasteiger partial charge on any atom is -0.449 e. The molecule has 1 N–H and O–H groups in total. The number of hydrogen-bond acceptors (Lipinski definition) is 6. The summed E-state index contributed by atoms with van der Waals surface area (Å²) in [5.41, 5.74) is 0. The standard InChI is InChI=1S/C12H16N2O4S/c1-3-4-5-10(15)14-9(8-11(16)19-2)12(17)18-7-6-13/h3,9H,1,4-5,7-8H2,2H3,(H,14,15)/t9-/m0/s1. The number of esters is 1. The first-order valence-electron chi connectivity index (χ1n) is 5.55. The van der Waals surface area contributed by atoms with Crippen LogP contribution in [-0.2, 0) is 19.1 Å². The topological polar surface area (TPSA) is 96.3 Å². The lowest BCUT2D eigenvalue weighted by Gasteiger charge is -2.15. The van der Waals surface area contributed by atoms with E-state index in [1.54, 1.807) is 18.4 Å². The lowest BCUT2D eigenvalue weighted by atomic mass is 10.2. The van der Waals surface area contributed by atoms with Crippen LogP contribution in [0.2, 0.25) is 0 Å². The Labute approximate surface area is 116 Å². The van der Waals surface area contributed by atoms with Crippen LogP contribution in [0.5, 0.6) is 0 Å². The average Bonchev–Trinajstić information content (AvgIpc) is 2.41. The number of nitrogens with one attached hydrogen (secondary N) is 1. The lowest BCUT2D eigenvalue weighted by molar-refractivity contribution is -0.147. The Balaban J connectivity index is 4.52. The second-order valence-corrected chi connectivity index (χ2v) is 4.36. The Morgan fingerprint density at radius 3 is 2.74 bits per heavy atom. The van der Waals surface area contributed by atoms with Gasteiger partial charge < -0.3 is 10.1 Å². The number of carbonyl (C=O) groups excluding carboxylic acids is 3. The molecule has 0 heterocycles. The molecule has 19 heavy (non-hydrogen) atoms. The smallest absolute Gasteiger partial charge is 0.330 e. The maximum Gasteiger partial charge on any atom is 0.330 e. The largest absolute Gasteiger partial charge is 0.449 e. The monoisotopic (exact) mass is 284 g/mol. The van der Waals surface area contributed by atoms with E-state index in [0.717, 1.165) is 11.8 Å². The Morgan fingerprint density at radius 1 is 1.53 bits per heavy atom. The van der Waals surface area contributed by atoms with E-state index in [2.05, 4.69) is 16.6 Å². The first-order chi connectivity index (χ1) is 9.04. The van der Waals surface area contributed by atoms with Crippen molar-refractivity contribution in [2.75, 3.05) is 12.9 Å². The third-order valence-electron chi connectivity index (χ3n) is 2.07. The van der Waals surface area contributed by atoms with Crippen molar-refractivity contribution in [3.8, 4) is 6.07 Å². The van der Waals surface area contributed by atoms with Crippen LogP contribution in [-0.4, -0.2) is 35.9 Å². The molecule has 0 rings (SSSR count). The molecule has 0 aliphatic rings. The predicted octanol–water partition coefficient (Wildman–Crippen LogP) is 0.784. The summed E-state index contributed by atoms with van der Waals surface area (Å²) in [4.78, 5) is 34.4. The second kappa shape index (κ2) is 10.1. The minimum absolute atomic E-state index is 0.161. The average molecular weight is 284 g/mol. The van der Waals surface area contributed by atoms with Crippen molar-refractivity contribution < 1.29 is 19.1 Å². The van der Waals surface area contributed by atoms with Gasteiger partial charge in [-0.15, -0.1) is 6.58 Å². The first kappa shape index (κ1) is 17.2. The van der Waals surface area contributed by atoms with Crippen LogP contribution in [0.15, 0.2) is 12.7 Å². The summed E-state index contributed by atoms with van der Waals surface area (Å²) in [7, 11) is 0. The summed E-state index contributed by atoms with van der Waals surface area (Å²) in [5.74, 6) is -1.15. The highest BCUT2D eigenvalue weighted by Gasteiger charge is 2.24. The van der Waals surface area contributed by atoms with Crippen molar-refractivity contribution >= 4 is 28.8 Å². The number of carbonyl (C=O) groups is 3. The van der Waals surface area contributed by atoms with Gasteiger partial charge in [0.1, 0.15) is 12.1 Å². The third-order valence-corrected chi connectivity index (χ3v) is 2.69. The van der Waals surface area contributed by atoms with Gasteiger partial charge in [0, 0.05) is 12.8 Å². The molecule has 0 unspecified atom stereocenters. The summed E-state index contributed by atoms with van der Waals surface area (Å²) >= 11 is 0.960. The van der Waals surface area contributed by atoms with E-state index >= 15 is 0 Å². The summed E-state index contributed by atoms with van der Waals surface area (Å²) in [6, 6.07) is 0.599. The number of allylic oxidation sites excluding steroid dienone is 1. The molecule has 0 aromatic heterocycles. The number of nitrogens with zero attached hydrogens (tertiary/aromatic N) is 1. The quantitative estimate of drug-likeness (QED) is 0.523. The van der Waals surface area contributed by atoms with E-state index < -0.39 is 18.6 Å². The van der Waals surface area contributed by atoms with E-state index in [0.29, 0.717) is 6.42 Å². The number of hydrogen-bond donors (Lipinski definition) is 1. The molecule has 7 heteroatoms. The van der Waals surface area contributed by atoms with Crippen molar-refractivity contribution in [3.05, 3.63) is 12.7 Å².